The third-order valence-electron chi connectivity index (χ3n) is 2.03. The van der Waals surface area contributed by atoms with Crippen molar-refractivity contribution in [1.29, 1.82) is 5.26 Å². The fraction of sp³-hybridized carbons (Fsp3) is 0.273. The SMILES string of the molecule is Cc1cc(C#N)nc(NCc2nc(C)cs2)n1. The standard InChI is InChI=1S/C11H11N5S/c1-7-3-9(4-12)16-11(15-7)13-5-10-14-8(2)6-17-10/h3,6H,5H2,1-2H3,(H,13,15,16). The van der Waals surface area contributed by atoms with Gasteiger partial charge in [0, 0.05) is 16.8 Å². The van der Waals surface area contributed by atoms with Crippen molar-refractivity contribution in [2.45, 2.75) is 20.4 Å². The Morgan fingerprint density at radius 2 is 2.12 bits per heavy atom. The summed E-state index contributed by atoms with van der Waals surface area (Å²) < 4.78 is 0. The van der Waals surface area contributed by atoms with Crippen LogP contribution in [0.2, 0.25) is 0 Å². The first-order valence-electron chi connectivity index (χ1n) is 5.08. The second kappa shape index (κ2) is 4.89. The van der Waals surface area contributed by atoms with Gasteiger partial charge in [0.1, 0.15) is 16.8 Å². The van der Waals surface area contributed by atoms with Crippen molar-refractivity contribution in [3.63, 3.8) is 0 Å². The average Bonchev–Trinajstić information content (AvgIpc) is 2.72. The van der Waals surface area contributed by atoms with Crippen LogP contribution in [0.4, 0.5) is 5.95 Å². The molecule has 86 valence electrons. The van der Waals surface area contributed by atoms with E-state index in [0.717, 1.165) is 16.4 Å². The maximum atomic E-state index is 8.80. The molecule has 0 aliphatic rings. The highest BCUT2D eigenvalue weighted by Gasteiger charge is 2.03. The number of hydrogen-bond donors (Lipinski definition) is 1. The van der Waals surface area contributed by atoms with E-state index in [1.807, 2.05) is 25.3 Å². The maximum absolute atomic E-state index is 8.80. The van der Waals surface area contributed by atoms with Crippen LogP contribution in [0.25, 0.3) is 0 Å². The van der Waals surface area contributed by atoms with Crippen LogP contribution in [0, 0.1) is 25.2 Å². The molecule has 0 amide bonds. The first kappa shape index (κ1) is 11.5. The summed E-state index contributed by atoms with van der Waals surface area (Å²) in [6.45, 7) is 4.37. The zero-order valence-corrected chi connectivity index (χ0v) is 10.4. The predicted molar refractivity (Wildman–Crippen MR) is 65.7 cm³/mol. The van der Waals surface area contributed by atoms with Gasteiger partial charge in [-0.2, -0.15) is 5.26 Å². The van der Waals surface area contributed by atoms with Gasteiger partial charge in [-0.3, -0.25) is 0 Å². The van der Waals surface area contributed by atoms with E-state index < -0.39 is 0 Å². The van der Waals surface area contributed by atoms with Crippen molar-refractivity contribution in [3.8, 4) is 6.07 Å². The van der Waals surface area contributed by atoms with Crippen molar-refractivity contribution < 1.29 is 0 Å². The summed E-state index contributed by atoms with van der Waals surface area (Å²) >= 11 is 1.59. The van der Waals surface area contributed by atoms with Crippen molar-refractivity contribution in [1.82, 2.24) is 15.0 Å². The van der Waals surface area contributed by atoms with Crippen LogP contribution < -0.4 is 5.32 Å². The lowest BCUT2D eigenvalue weighted by Crippen LogP contribution is -2.05. The molecule has 2 aromatic heterocycles. The molecule has 0 radical (unpaired) electrons. The van der Waals surface area contributed by atoms with Crippen LogP contribution in [0.15, 0.2) is 11.4 Å². The van der Waals surface area contributed by atoms with Gasteiger partial charge < -0.3 is 5.32 Å². The highest BCUT2D eigenvalue weighted by atomic mass is 32.1. The molecule has 17 heavy (non-hydrogen) atoms. The molecule has 0 saturated carbocycles. The minimum Gasteiger partial charge on any atom is -0.348 e. The lowest BCUT2D eigenvalue weighted by molar-refractivity contribution is 1.00. The van der Waals surface area contributed by atoms with Crippen molar-refractivity contribution in [2.24, 2.45) is 0 Å². The molecule has 0 unspecified atom stereocenters. The Hall–Kier alpha value is -2.00. The van der Waals surface area contributed by atoms with Gasteiger partial charge in [0.2, 0.25) is 5.95 Å². The second-order valence-electron chi connectivity index (χ2n) is 3.57. The number of nitriles is 1. The van der Waals surface area contributed by atoms with Gasteiger partial charge in [0.05, 0.1) is 6.54 Å². The number of aryl methyl sites for hydroxylation is 2. The van der Waals surface area contributed by atoms with E-state index in [-0.39, 0.29) is 0 Å². The quantitative estimate of drug-likeness (QED) is 0.895. The number of rotatable bonds is 3. The highest BCUT2D eigenvalue weighted by Crippen LogP contribution is 2.11. The van der Waals surface area contributed by atoms with E-state index in [1.165, 1.54) is 0 Å². The summed E-state index contributed by atoms with van der Waals surface area (Å²) in [6.07, 6.45) is 0. The van der Waals surface area contributed by atoms with Gasteiger partial charge >= 0.3 is 0 Å². The molecule has 6 heteroatoms. The molecule has 0 aliphatic carbocycles. The van der Waals surface area contributed by atoms with Crippen LogP contribution in [0.1, 0.15) is 22.1 Å². The molecule has 0 atom stereocenters. The monoisotopic (exact) mass is 245 g/mol. The lowest BCUT2D eigenvalue weighted by atomic mass is 10.3. The molecule has 0 aromatic carbocycles. The Bertz CT molecular complexity index is 569. The minimum atomic E-state index is 0.371. The van der Waals surface area contributed by atoms with E-state index in [9.17, 15) is 0 Å². The predicted octanol–water partition coefficient (Wildman–Crippen LogP) is 2.03. The zero-order valence-electron chi connectivity index (χ0n) is 9.56. The molecule has 0 bridgehead atoms. The van der Waals surface area contributed by atoms with Crippen molar-refractivity contribution in [3.05, 3.63) is 33.5 Å². The molecule has 5 nitrogen and oxygen atoms in total. The van der Waals surface area contributed by atoms with E-state index >= 15 is 0 Å². The maximum Gasteiger partial charge on any atom is 0.224 e. The van der Waals surface area contributed by atoms with E-state index in [1.54, 1.807) is 17.4 Å². The molecule has 0 saturated heterocycles. The highest BCUT2D eigenvalue weighted by molar-refractivity contribution is 7.09. The van der Waals surface area contributed by atoms with Crippen LogP contribution in [-0.2, 0) is 6.54 Å². The summed E-state index contributed by atoms with van der Waals surface area (Å²) in [5.74, 6) is 0.467. The molecule has 2 aromatic rings. The largest absolute Gasteiger partial charge is 0.348 e. The fourth-order valence-electron chi connectivity index (χ4n) is 1.34. The van der Waals surface area contributed by atoms with Gasteiger partial charge in [0.15, 0.2) is 0 Å². The summed E-state index contributed by atoms with van der Waals surface area (Å²) in [7, 11) is 0. The normalized spacial score (nSPS) is 9.94. The Morgan fingerprint density at radius 1 is 1.29 bits per heavy atom. The number of hydrogen-bond acceptors (Lipinski definition) is 6. The third kappa shape index (κ3) is 2.98. The van der Waals surface area contributed by atoms with Gasteiger partial charge in [-0.25, -0.2) is 15.0 Å². The summed E-state index contributed by atoms with van der Waals surface area (Å²) in [6, 6.07) is 3.66. The van der Waals surface area contributed by atoms with Crippen LogP contribution in [0.3, 0.4) is 0 Å². The molecule has 0 spiro atoms. The van der Waals surface area contributed by atoms with Gasteiger partial charge in [-0.1, -0.05) is 0 Å². The Balaban J connectivity index is 2.09. The molecule has 2 rings (SSSR count). The van der Waals surface area contributed by atoms with E-state index in [2.05, 4.69) is 20.3 Å². The zero-order chi connectivity index (χ0) is 12.3. The van der Waals surface area contributed by atoms with E-state index in [0.29, 0.717) is 18.2 Å². The van der Waals surface area contributed by atoms with Gasteiger partial charge in [-0.05, 0) is 19.9 Å². The van der Waals surface area contributed by atoms with Crippen molar-refractivity contribution in [2.75, 3.05) is 5.32 Å². The number of thiazole rings is 1. The summed E-state index contributed by atoms with van der Waals surface area (Å²) in [5.41, 5.74) is 2.15. The first-order valence-corrected chi connectivity index (χ1v) is 5.96. The van der Waals surface area contributed by atoms with E-state index in [4.69, 9.17) is 5.26 Å². The Morgan fingerprint density at radius 3 is 2.76 bits per heavy atom. The number of nitrogens with zero attached hydrogens (tertiary/aromatic N) is 4. The Kier molecular flexibility index (Phi) is 3.30. The van der Waals surface area contributed by atoms with Crippen LogP contribution in [-0.4, -0.2) is 15.0 Å². The molecular formula is C11H11N5S. The number of anilines is 1. The molecule has 0 fully saturated rings. The smallest absolute Gasteiger partial charge is 0.224 e. The van der Waals surface area contributed by atoms with Crippen LogP contribution >= 0.6 is 11.3 Å². The molecular weight excluding hydrogens is 234 g/mol. The first-order chi connectivity index (χ1) is 8.17. The van der Waals surface area contributed by atoms with Crippen molar-refractivity contribution >= 4 is 17.3 Å². The summed E-state index contributed by atoms with van der Waals surface area (Å²) in [4.78, 5) is 12.6. The second-order valence-corrected chi connectivity index (χ2v) is 4.51. The molecule has 1 N–H and O–H groups in total. The average molecular weight is 245 g/mol. The topological polar surface area (TPSA) is 74.5 Å². The minimum absolute atomic E-state index is 0.371. The third-order valence-corrected chi connectivity index (χ3v) is 3.00. The molecule has 0 aliphatic heterocycles. The van der Waals surface area contributed by atoms with Gasteiger partial charge in [-0.15, -0.1) is 11.3 Å². The summed E-state index contributed by atoms with van der Waals surface area (Å²) in [5, 5.41) is 14.8. The number of aromatic nitrogens is 3. The molecule has 2 heterocycles. The number of nitrogens with one attached hydrogen (secondary N) is 1. The Labute approximate surface area is 103 Å². The van der Waals surface area contributed by atoms with Crippen LogP contribution in [0.5, 0.6) is 0 Å². The lowest BCUT2D eigenvalue weighted by Gasteiger charge is -2.03. The fourth-order valence-corrected chi connectivity index (χ4v) is 2.05. The van der Waals surface area contributed by atoms with Gasteiger partial charge in [0.25, 0.3) is 0 Å².